The number of carbonyl (C=O) groups is 1. The van der Waals surface area contributed by atoms with Crippen molar-refractivity contribution in [3.05, 3.63) is 33.1 Å². The van der Waals surface area contributed by atoms with Gasteiger partial charge in [0.05, 0.1) is 42.9 Å². The summed E-state index contributed by atoms with van der Waals surface area (Å²) in [6.07, 6.45) is 5.96. The summed E-state index contributed by atoms with van der Waals surface area (Å²) in [6.45, 7) is 9.21. The Kier molecular flexibility index (Phi) is 7.93. The van der Waals surface area contributed by atoms with E-state index in [2.05, 4.69) is 10.9 Å². The van der Waals surface area contributed by atoms with E-state index in [0.717, 1.165) is 0 Å². The summed E-state index contributed by atoms with van der Waals surface area (Å²) in [6, 6.07) is 1.21. The molecule has 1 N–H and O–H groups in total. The van der Waals surface area contributed by atoms with Crippen LogP contribution in [0.15, 0.2) is 21.9 Å². The minimum atomic E-state index is -3.53. The summed E-state index contributed by atoms with van der Waals surface area (Å²) in [5, 5.41) is 0. The second-order valence-electron chi connectivity index (χ2n) is 9.63. The molecule has 0 aliphatic carbocycles. The SMILES string of the molecule is C#C[C@]1(C)[C@@H]2CP(=O)(OCCC(C(=O)OC(C)C)C(C)C)OC[C@H]2O[C@H]1n1ccc(=O)[nH]c1=O. The van der Waals surface area contributed by atoms with Gasteiger partial charge in [-0.15, -0.1) is 6.42 Å². The lowest BCUT2D eigenvalue weighted by atomic mass is 9.77. The molecule has 10 nitrogen and oxygen atoms in total. The highest BCUT2D eigenvalue weighted by Gasteiger charge is 2.58. The van der Waals surface area contributed by atoms with E-state index in [0.29, 0.717) is 6.42 Å². The maximum atomic E-state index is 13.4. The molecule has 0 amide bonds. The quantitative estimate of drug-likeness (QED) is 0.331. The Morgan fingerprint density at radius 1 is 1.38 bits per heavy atom. The number of fused-ring (bicyclic) bond motifs is 1. The van der Waals surface area contributed by atoms with Crippen LogP contribution in [0.3, 0.4) is 0 Å². The van der Waals surface area contributed by atoms with E-state index in [1.54, 1.807) is 20.8 Å². The van der Waals surface area contributed by atoms with Crippen LogP contribution in [0.2, 0.25) is 0 Å². The van der Waals surface area contributed by atoms with Gasteiger partial charge in [-0.1, -0.05) is 19.8 Å². The molecule has 188 valence electrons. The summed E-state index contributed by atoms with van der Waals surface area (Å²) in [4.78, 5) is 38.4. The number of terminal acetylenes is 1. The van der Waals surface area contributed by atoms with Crippen LogP contribution in [0.25, 0.3) is 0 Å². The van der Waals surface area contributed by atoms with Crippen LogP contribution in [-0.4, -0.2) is 47.1 Å². The molecule has 11 heteroatoms. The molecule has 3 heterocycles. The topological polar surface area (TPSA) is 126 Å². The van der Waals surface area contributed by atoms with Crippen LogP contribution in [0.1, 0.15) is 47.3 Å². The zero-order chi connectivity index (χ0) is 25.3. The first-order valence-corrected chi connectivity index (χ1v) is 13.2. The van der Waals surface area contributed by atoms with Crippen LogP contribution >= 0.6 is 7.60 Å². The van der Waals surface area contributed by atoms with Gasteiger partial charge < -0.3 is 18.5 Å². The third-order valence-corrected chi connectivity index (χ3v) is 8.44. The molecule has 6 atom stereocenters. The van der Waals surface area contributed by atoms with Crippen LogP contribution in [0.5, 0.6) is 0 Å². The van der Waals surface area contributed by atoms with Crippen molar-refractivity contribution >= 4 is 13.6 Å². The number of hydrogen-bond acceptors (Lipinski definition) is 8. The fraction of sp³-hybridized carbons (Fsp3) is 0.696. The average molecular weight is 496 g/mol. The maximum Gasteiger partial charge on any atom is 0.331 e. The molecule has 0 saturated carbocycles. The molecule has 3 rings (SSSR count). The van der Waals surface area contributed by atoms with Crippen LogP contribution in [-0.2, 0) is 27.9 Å². The lowest BCUT2D eigenvalue weighted by molar-refractivity contribution is -0.154. The molecule has 2 unspecified atom stereocenters. The molecular weight excluding hydrogens is 463 g/mol. The van der Waals surface area contributed by atoms with E-state index in [9.17, 15) is 18.9 Å². The van der Waals surface area contributed by atoms with Gasteiger partial charge in [0.1, 0.15) is 0 Å². The lowest BCUT2D eigenvalue weighted by Crippen LogP contribution is -2.40. The molecule has 2 aliphatic rings. The molecule has 0 radical (unpaired) electrons. The Labute approximate surface area is 198 Å². The van der Waals surface area contributed by atoms with Crippen molar-refractivity contribution in [2.45, 2.75) is 59.5 Å². The van der Waals surface area contributed by atoms with Crippen molar-refractivity contribution in [1.82, 2.24) is 9.55 Å². The van der Waals surface area contributed by atoms with E-state index in [1.807, 2.05) is 13.8 Å². The normalized spacial score (nSPS) is 31.8. The molecular formula is C23H33N2O8P. The zero-order valence-electron chi connectivity index (χ0n) is 20.2. The Morgan fingerprint density at radius 3 is 2.68 bits per heavy atom. The van der Waals surface area contributed by atoms with Crippen molar-refractivity contribution < 1.29 is 27.9 Å². The van der Waals surface area contributed by atoms with E-state index >= 15 is 0 Å². The molecule has 2 saturated heterocycles. The van der Waals surface area contributed by atoms with Crippen LogP contribution < -0.4 is 11.2 Å². The highest BCUT2D eigenvalue weighted by molar-refractivity contribution is 7.53. The number of H-pyrrole nitrogens is 1. The molecule has 1 aromatic heterocycles. The minimum absolute atomic E-state index is 0.00968. The smallest absolute Gasteiger partial charge is 0.331 e. The Bertz CT molecular complexity index is 1100. The van der Waals surface area contributed by atoms with Gasteiger partial charge in [-0.25, -0.2) is 4.79 Å². The van der Waals surface area contributed by atoms with Crippen molar-refractivity contribution in [1.29, 1.82) is 0 Å². The second-order valence-corrected chi connectivity index (χ2v) is 11.7. The van der Waals surface area contributed by atoms with Gasteiger partial charge in [-0.3, -0.25) is 23.7 Å². The first-order valence-electron chi connectivity index (χ1n) is 11.4. The third kappa shape index (κ3) is 5.38. The number of hydrogen-bond donors (Lipinski definition) is 1. The van der Waals surface area contributed by atoms with E-state index in [-0.39, 0.29) is 37.4 Å². The number of nitrogens with one attached hydrogen (secondary N) is 1. The standard InChI is InChI=1S/C23H33N2O8P/c1-7-23(6)17-13-34(29,30-11-9-16(14(2)3)20(27)32-15(4)5)31-12-18(17)33-21(23)25-10-8-19(26)24-22(25)28/h1,8,10,14-18,21H,9,11-13H2,2-6H3,(H,24,26,28)/t16?,17-,18-,21-,23-,34?/m1/s1. The highest BCUT2D eigenvalue weighted by atomic mass is 31.2. The van der Waals surface area contributed by atoms with Crippen molar-refractivity contribution in [2.75, 3.05) is 19.4 Å². The van der Waals surface area contributed by atoms with E-state index in [1.165, 1.54) is 16.8 Å². The molecule has 0 aromatic carbocycles. The molecule has 2 aliphatic heterocycles. The fourth-order valence-corrected chi connectivity index (χ4v) is 6.65. The summed E-state index contributed by atoms with van der Waals surface area (Å²) in [5.74, 6) is 1.63. The third-order valence-electron chi connectivity index (χ3n) is 6.48. The lowest BCUT2D eigenvalue weighted by Gasteiger charge is -2.35. The molecule has 1 aromatic rings. The van der Waals surface area contributed by atoms with E-state index in [4.69, 9.17) is 24.9 Å². The van der Waals surface area contributed by atoms with E-state index < -0.39 is 48.4 Å². The Balaban J connectivity index is 1.72. The molecule has 2 fully saturated rings. The number of rotatable bonds is 8. The highest BCUT2D eigenvalue weighted by Crippen LogP contribution is 2.61. The monoisotopic (exact) mass is 496 g/mol. The van der Waals surface area contributed by atoms with Crippen molar-refractivity contribution in [3.63, 3.8) is 0 Å². The molecule has 34 heavy (non-hydrogen) atoms. The Hall–Kier alpha value is -2.18. The number of ether oxygens (including phenoxy) is 2. The predicted molar refractivity (Wildman–Crippen MR) is 124 cm³/mol. The number of esters is 1. The minimum Gasteiger partial charge on any atom is -0.463 e. The molecule has 0 spiro atoms. The first-order chi connectivity index (χ1) is 15.9. The van der Waals surface area contributed by atoms with Crippen molar-refractivity contribution in [3.8, 4) is 12.3 Å². The number of carbonyl (C=O) groups excluding carboxylic acids is 1. The van der Waals surface area contributed by atoms with Crippen molar-refractivity contribution in [2.24, 2.45) is 23.2 Å². The predicted octanol–water partition coefficient (Wildman–Crippen LogP) is 2.54. The van der Waals surface area contributed by atoms with Gasteiger partial charge in [-0.2, -0.15) is 0 Å². The summed E-state index contributed by atoms with van der Waals surface area (Å²) < 4.78 is 37.4. The number of nitrogens with zero attached hydrogens (tertiary/aromatic N) is 1. The van der Waals surface area contributed by atoms with Crippen LogP contribution in [0.4, 0.5) is 0 Å². The maximum absolute atomic E-state index is 13.4. The zero-order valence-corrected chi connectivity index (χ0v) is 21.1. The summed E-state index contributed by atoms with van der Waals surface area (Å²) in [7, 11) is -3.53. The van der Waals surface area contributed by atoms with Gasteiger partial charge in [0.2, 0.25) is 0 Å². The molecule has 0 bridgehead atoms. The van der Waals surface area contributed by atoms with Gasteiger partial charge in [0.25, 0.3) is 5.56 Å². The van der Waals surface area contributed by atoms with Crippen LogP contribution in [0, 0.1) is 35.5 Å². The largest absolute Gasteiger partial charge is 0.463 e. The summed E-state index contributed by atoms with van der Waals surface area (Å²) in [5.41, 5.74) is -2.18. The second kappa shape index (κ2) is 10.2. The van der Waals surface area contributed by atoms with Gasteiger partial charge >= 0.3 is 19.3 Å². The van der Waals surface area contributed by atoms with Gasteiger partial charge in [0, 0.05) is 18.2 Å². The fourth-order valence-electron chi connectivity index (χ4n) is 4.51. The number of aromatic amines is 1. The summed E-state index contributed by atoms with van der Waals surface area (Å²) >= 11 is 0. The number of aromatic nitrogens is 2. The average Bonchev–Trinajstić information content (AvgIpc) is 3.02. The van der Waals surface area contributed by atoms with Gasteiger partial charge in [-0.05, 0) is 33.1 Å². The first kappa shape index (κ1) is 26.4. The van der Waals surface area contributed by atoms with Gasteiger partial charge in [0.15, 0.2) is 6.23 Å². The Morgan fingerprint density at radius 2 is 2.09 bits per heavy atom.